The summed E-state index contributed by atoms with van der Waals surface area (Å²) in [6.45, 7) is 0. The fourth-order valence-electron chi connectivity index (χ4n) is 1.23. The van der Waals surface area contributed by atoms with E-state index in [1.165, 1.54) is 0 Å². The maximum Gasteiger partial charge on any atom is 0.490 e. The molecule has 0 aromatic carbocycles. The van der Waals surface area contributed by atoms with Crippen molar-refractivity contribution < 1.29 is 38.1 Å². The fraction of sp³-hybridized carbons (Fsp3) is 0.750. The Labute approximate surface area is 88.5 Å². The lowest BCUT2D eigenvalue weighted by Gasteiger charge is -2.06. The van der Waals surface area contributed by atoms with Crippen LogP contribution in [0.1, 0.15) is 19.3 Å². The lowest BCUT2D eigenvalue weighted by atomic mass is 10.1. The van der Waals surface area contributed by atoms with Crippen LogP contribution in [0.5, 0.6) is 0 Å². The summed E-state index contributed by atoms with van der Waals surface area (Å²) in [7, 11) is 0. The van der Waals surface area contributed by atoms with Gasteiger partial charge < -0.3 is 15.3 Å². The first-order chi connectivity index (χ1) is 7.16. The molecular formula is C8H11F3O5. The van der Waals surface area contributed by atoms with E-state index in [9.17, 15) is 18.0 Å². The highest BCUT2D eigenvalue weighted by Gasteiger charge is 2.38. The number of carbonyl (C=O) groups is 2. The summed E-state index contributed by atoms with van der Waals surface area (Å²) in [4.78, 5) is 19.1. The molecule has 1 saturated carbocycles. The van der Waals surface area contributed by atoms with Gasteiger partial charge in [-0.3, -0.25) is 4.79 Å². The van der Waals surface area contributed by atoms with E-state index < -0.39 is 30.1 Å². The number of rotatable bonds is 1. The Kier molecular flexibility index (Phi) is 5.22. The molecule has 2 unspecified atom stereocenters. The second-order valence-corrected chi connectivity index (χ2v) is 3.25. The summed E-state index contributed by atoms with van der Waals surface area (Å²) < 4.78 is 31.7. The van der Waals surface area contributed by atoms with Crippen molar-refractivity contribution in [1.82, 2.24) is 0 Å². The Hall–Kier alpha value is -1.31. The van der Waals surface area contributed by atoms with Gasteiger partial charge in [-0.2, -0.15) is 13.2 Å². The summed E-state index contributed by atoms with van der Waals surface area (Å²) in [6, 6.07) is 0. The van der Waals surface area contributed by atoms with Crippen molar-refractivity contribution in [1.29, 1.82) is 0 Å². The van der Waals surface area contributed by atoms with Crippen LogP contribution in [0.3, 0.4) is 0 Å². The average Bonchev–Trinajstić information content (AvgIpc) is 2.50. The molecule has 16 heavy (non-hydrogen) atoms. The topological polar surface area (TPSA) is 94.8 Å². The minimum Gasteiger partial charge on any atom is -0.481 e. The quantitative estimate of drug-likeness (QED) is 0.636. The fourth-order valence-corrected chi connectivity index (χ4v) is 1.23. The minimum absolute atomic E-state index is 0.495. The predicted molar refractivity (Wildman–Crippen MR) is 44.7 cm³/mol. The van der Waals surface area contributed by atoms with E-state index in [2.05, 4.69) is 0 Å². The van der Waals surface area contributed by atoms with E-state index in [-0.39, 0.29) is 0 Å². The first-order valence-corrected chi connectivity index (χ1v) is 4.37. The molecule has 0 saturated heterocycles. The van der Waals surface area contributed by atoms with Crippen molar-refractivity contribution in [2.24, 2.45) is 5.92 Å². The average molecular weight is 244 g/mol. The van der Waals surface area contributed by atoms with Crippen molar-refractivity contribution in [3.63, 3.8) is 0 Å². The van der Waals surface area contributed by atoms with Gasteiger partial charge in [-0.25, -0.2) is 4.79 Å². The van der Waals surface area contributed by atoms with Crippen LogP contribution in [0.2, 0.25) is 0 Å². The molecule has 0 radical (unpaired) electrons. The molecule has 0 heterocycles. The molecule has 94 valence electrons. The molecule has 1 aliphatic carbocycles. The van der Waals surface area contributed by atoms with Gasteiger partial charge in [0.2, 0.25) is 0 Å². The van der Waals surface area contributed by atoms with E-state index >= 15 is 0 Å². The lowest BCUT2D eigenvalue weighted by molar-refractivity contribution is -0.192. The zero-order chi connectivity index (χ0) is 12.9. The van der Waals surface area contributed by atoms with Crippen LogP contribution in [0.15, 0.2) is 0 Å². The number of aliphatic hydroxyl groups is 1. The molecule has 0 aromatic rings. The van der Waals surface area contributed by atoms with Crippen LogP contribution in [-0.4, -0.2) is 39.5 Å². The van der Waals surface area contributed by atoms with Gasteiger partial charge >= 0.3 is 18.1 Å². The third kappa shape index (κ3) is 4.96. The van der Waals surface area contributed by atoms with E-state index in [1.807, 2.05) is 0 Å². The maximum absolute atomic E-state index is 10.6. The van der Waals surface area contributed by atoms with Crippen molar-refractivity contribution in [3.8, 4) is 0 Å². The molecule has 1 fully saturated rings. The first kappa shape index (κ1) is 14.7. The Morgan fingerprint density at radius 3 is 1.69 bits per heavy atom. The number of hydrogen-bond acceptors (Lipinski definition) is 3. The predicted octanol–water partition coefficient (Wildman–Crippen LogP) is 0.865. The molecule has 3 N–H and O–H groups in total. The van der Waals surface area contributed by atoms with Crippen LogP contribution in [-0.2, 0) is 9.59 Å². The first-order valence-electron chi connectivity index (χ1n) is 4.37. The molecule has 2 atom stereocenters. The summed E-state index contributed by atoms with van der Waals surface area (Å²) in [5.41, 5.74) is 0. The smallest absolute Gasteiger partial charge is 0.481 e. The number of carboxylic acid groups (broad SMARTS) is 2. The van der Waals surface area contributed by atoms with Gasteiger partial charge in [-0.15, -0.1) is 0 Å². The second-order valence-electron chi connectivity index (χ2n) is 3.25. The normalized spacial score (nSPS) is 24.5. The SMILES string of the molecule is O=C(O)C(F)(F)F.O=C(O)C1CCCC1O. The lowest BCUT2D eigenvalue weighted by Crippen LogP contribution is -2.21. The van der Waals surface area contributed by atoms with E-state index in [0.29, 0.717) is 12.8 Å². The van der Waals surface area contributed by atoms with Gasteiger partial charge in [0, 0.05) is 0 Å². The van der Waals surface area contributed by atoms with Crippen LogP contribution in [0.4, 0.5) is 13.2 Å². The molecule has 0 spiro atoms. The minimum atomic E-state index is -5.08. The Balaban J connectivity index is 0.000000293. The largest absolute Gasteiger partial charge is 0.490 e. The highest BCUT2D eigenvalue weighted by molar-refractivity contribution is 5.73. The van der Waals surface area contributed by atoms with Crippen molar-refractivity contribution in [2.75, 3.05) is 0 Å². The van der Waals surface area contributed by atoms with Crippen molar-refractivity contribution in [2.45, 2.75) is 31.5 Å². The Morgan fingerprint density at radius 1 is 1.12 bits per heavy atom. The molecule has 1 aliphatic rings. The number of hydrogen-bond donors (Lipinski definition) is 3. The molecule has 5 nitrogen and oxygen atoms in total. The van der Waals surface area contributed by atoms with Gasteiger partial charge in [0.05, 0.1) is 12.0 Å². The van der Waals surface area contributed by atoms with E-state index in [1.54, 1.807) is 0 Å². The van der Waals surface area contributed by atoms with Gasteiger partial charge in [-0.05, 0) is 19.3 Å². The maximum atomic E-state index is 10.6. The summed E-state index contributed by atoms with van der Waals surface area (Å²) in [5.74, 6) is -4.11. The highest BCUT2D eigenvalue weighted by atomic mass is 19.4. The van der Waals surface area contributed by atoms with Gasteiger partial charge in [-0.1, -0.05) is 0 Å². The molecule has 0 aliphatic heterocycles. The third-order valence-corrected chi connectivity index (χ3v) is 2.04. The highest BCUT2D eigenvalue weighted by Crippen LogP contribution is 2.25. The third-order valence-electron chi connectivity index (χ3n) is 2.04. The monoisotopic (exact) mass is 244 g/mol. The molecular weight excluding hydrogens is 233 g/mol. The zero-order valence-electron chi connectivity index (χ0n) is 8.07. The van der Waals surface area contributed by atoms with Crippen LogP contribution in [0, 0.1) is 5.92 Å². The second kappa shape index (κ2) is 5.69. The number of alkyl halides is 3. The van der Waals surface area contributed by atoms with E-state index in [4.69, 9.17) is 20.1 Å². The summed E-state index contributed by atoms with van der Waals surface area (Å²) in [6.07, 6.45) is -3.55. The molecule has 0 amide bonds. The van der Waals surface area contributed by atoms with Crippen LogP contribution >= 0.6 is 0 Å². The number of carboxylic acids is 2. The standard InChI is InChI=1S/C6H10O3.C2HF3O2/c7-5-3-1-2-4(5)6(8)9;3-2(4,5)1(6)7/h4-5,7H,1-3H2,(H,8,9);(H,6,7). The van der Waals surface area contributed by atoms with Crippen LogP contribution < -0.4 is 0 Å². The van der Waals surface area contributed by atoms with Crippen molar-refractivity contribution in [3.05, 3.63) is 0 Å². The van der Waals surface area contributed by atoms with Gasteiger partial charge in [0.15, 0.2) is 0 Å². The summed E-state index contributed by atoms with van der Waals surface area (Å²) >= 11 is 0. The van der Waals surface area contributed by atoms with Gasteiger partial charge in [0.1, 0.15) is 0 Å². The number of aliphatic hydroxyl groups excluding tert-OH is 1. The summed E-state index contributed by atoms with van der Waals surface area (Å²) in [5, 5.41) is 24.5. The molecule has 0 bridgehead atoms. The Morgan fingerprint density at radius 2 is 1.56 bits per heavy atom. The molecule has 8 heteroatoms. The zero-order valence-corrected chi connectivity index (χ0v) is 8.07. The molecule has 0 aromatic heterocycles. The number of halogens is 3. The van der Waals surface area contributed by atoms with E-state index in [0.717, 1.165) is 6.42 Å². The number of aliphatic carboxylic acids is 2. The van der Waals surface area contributed by atoms with Crippen molar-refractivity contribution >= 4 is 11.9 Å². The van der Waals surface area contributed by atoms with Gasteiger partial charge in [0.25, 0.3) is 0 Å². The molecule has 1 rings (SSSR count). The van der Waals surface area contributed by atoms with Crippen LogP contribution in [0.25, 0.3) is 0 Å². The Bertz CT molecular complexity index is 263.